The van der Waals surface area contributed by atoms with Gasteiger partial charge in [-0.05, 0) is 80.6 Å². The molecule has 0 bridgehead atoms. The second-order valence-corrected chi connectivity index (χ2v) is 5.87. The zero-order chi connectivity index (χ0) is 15.9. The minimum atomic E-state index is -0.516. The molecule has 2 rings (SSSR count). The molecule has 0 aliphatic heterocycles. The molecule has 0 saturated heterocycles. The number of hydrogen-bond acceptors (Lipinski definition) is 1. The van der Waals surface area contributed by atoms with Crippen LogP contribution in [-0.4, -0.2) is 5.78 Å². The Balaban J connectivity index is 2.66. The lowest BCUT2D eigenvalue weighted by Crippen LogP contribution is -2.10. The summed E-state index contributed by atoms with van der Waals surface area (Å²) in [7, 11) is 0. The Kier molecular flexibility index (Phi) is 4.20. The Morgan fingerprint density at radius 2 is 1.38 bits per heavy atom. The molecule has 0 N–H and O–H groups in total. The molecule has 0 atom stereocenters. The maximum atomic E-state index is 13.3. The van der Waals surface area contributed by atoms with Crippen molar-refractivity contribution in [3.8, 4) is 0 Å². The molecule has 1 nitrogen and oxygen atoms in total. The van der Waals surface area contributed by atoms with E-state index in [-0.39, 0.29) is 10.8 Å². The molecule has 0 heterocycles. The summed E-state index contributed by atoms with van der Waals surface area (Å²) in [5.41, 5.74) is 6.50. The van der Waals surface area contributed by atoms with Crippen molar-refractivity contribution in [1.82, 2.24) is 0 Å². The monoisotopic (exact) mass is 304 g/mol. The Morgan fingerprint density at radius 1 is 0.905 bits per heavy atom. The third-order valence-corrected chi connectivity index (χ3v) is 4.70. The normalized spacial score (nSPS) is 10.8. The Morgan fingerprint density at radius 3 is 1.86 bits per heavy atom. The summed E-state index contributed by atoms with van der Waals surface area (Å²) in [6.07, 6.45) is 0. The van der Waals surface area contributed by atoms with Gasteiger partial charge in [-0.15, -0.1) is 0 Å². The van der Waals surface area contributed by atoms with E-state index in [4.69, 9.17) is 11.6 Å². The van der Waals surface area contributed by atoms with Crippen molar-refractivity contribution >= 4 is 17.4 Å². The largest absolute Gasteiger partial charge is 0.289 e. The van der Waals surface area contributed by atoms with Crippen LogP contribution in [0.3, 0.4) is 0 Å². The predicted octanol–water partition coefficient (Wildman–Crippen LogP) is 5.25. The van der Waals surface area contributed by atoms with Gasteiger partial charge < -0.3 is 0 Å². The van der Waals surface area contributed by atoms with Crippen molar-refractivity contribution < 1.29 is 9.18 Å². The fraction of sp³-hybridized carbons (Fsp3) is 0.278. The van der Waals surface area contributed by atoms with Crippen LogP contribution in [0.25, 0.3) is 0 Å². The highest BCUT2D eigenvalue weighted by Gasteiger charge is 2.20. The first-order valence-electron chi connectivity index (χ1n) is 6.82. The second kappa shape index (κ2) is 5.61. The molecule has 0 fully saturated rings. The number of carbonyl (C=O) groups is 1. The van der Waals surface area contributed by atoms with E-state index in [0.29, 0.717) is 11.1 Å². The van der Waals surface area contributed by atoms with E-state index in [9.17, 15) is 9.18 Å². The minimum absolute atomic E-state index is 0.0308. The molecule has 0 aliphatic rings. The van der Waals surface area contributed by atoms with Crippen LogP contribution in [-0.2, 0) is 0 Å². The number of benzene rings is 2. The van der Waals surface area contributed by atoms with Crippen molar-refractivity contribution in [3.05, 3.63) is 68.0 Å². The first-order chi connectivity index (χ1) is 9.75. The van der Waals surface area contributed by atoms with E-state index < -0.39 is 5.82 Å². The van der Waals surface area contributed by atoms with E-state index in [1.807, 2.05) is 27.7 Å². The first kappa shape index (κ1) is 15.7. The van der Waals surface area contributed by atoms with Gasteiger partial charge in [0.05, 0.1) is 5.02 Å². The minimum Gasteiger partial charge on any atom is -0.289 e. The maximum Gasteiger partial charge on any atom is 0.193 e. The van der Waals surface area contributed by atoms with E-state index in [1.54, 1.807) is 0 Å². The summed E-state index contributed by atoms with van der Waals surface area (Å²) >= 11 is 5.79. The predicted molar refractivity (Wildman–Crippen MR) is 85.0 cm³/mol. The molecule has 0 aliphatic carbocycles. The smallest absolute Gasteiger partial charge is 0.193 e. The van der Waals surface area contributed by atoms with E-state index in [1.165, 1.54) is 23.8 Å². The van der Waals surface area contributed by atoms with E-state index in [2.05, 4.69) is 6.92 Å². The lowest BCUT2D eigenvalue weighted by Gasteiger charge is -2.18. The van der Waals surface area contributed by atoms with Crippen molar-refractivity contribution in [3.63, 3.8) is 0 Å². The van der Waals surface area contributed by atoms with E-state index >= 15 is 0 Å². The third kappa shape index (κ3) is 2.60. The van der Waals surface area contributed by atoms with Gasteiger partial charge in [-0.3, -0.25) is 4.79 Å². The molecule has 0 aromatic heterocycles. The van der Waals surface area contributed by atoms with Crippen LogP contribution < -0.4 is 0 Å². The highest BCUT2D eigenvalue weighted by Crippen LogP contribution is 2.28. The number of halogens is 2. The number of rotatable bonds is 2. The van der Waals surface area contributed by atoms with Crippen LogP contribution >= 0.6 is 11.6 Å². The molecule has 0 spiro atoms. The lowest BCUT2D eigenvalue weighted by atomic mass is 9.86. The topological polar surface area (TPSA) is 17.1 Å². The average molecular weight is 305 g/mol. The molecule has 0 amide bonds. The summed E-state index contributed by atoms with van der Waals surface area (Å²) in [4.78, 5) is 12.8. The molecule has 0 unspecified atom stereocenters. The van der Waals surface area contributed by atoms with Gasteiger partial charge in [-0.2, -0.15) is 0 Å². The number of hydrogen-bond donors (Lipinski definition) is 0. The summed E-state index contributed by atoms with van der Waals surface area (Å²) in [6, 6.07) is 4.10. The fourth-order valence-electron chi connectivity index (χ4n) is 2.62. The van der Waals surface area contributed by atoms with Gasteiger partial charge in [0, 0.05) is 11.1 Å². The number of ketones is 1. The molecular weight excluding hydrogens is 287 g/mol. The van der Waals surface area contributed by atoms with Crippen LogP contribution in [0.1, 0.15) is 43.7 Å². The highest BCUT2D eigenvalue weighted by atomic mass is 35.5. The maximum absolute atomic E-state index is 13.3. The van der Waals surface area contributed by atoms with Gasteiger partial charge in [0.1, 0.15) is 5.82 Å². The summed E-state index contributed by atoms with van der Waals surface area (Å²) in [5, 5.41) is -0.0308. The zero-order valence-electron chi connectivity index (χ0n) is 12.9. The fourth-order valence-corrected chi connectivity index (χ4v) is 2.80. The van der Waals surface area contributed by atoms with Crippen molar-refractivity contribution in [2.24, 2.45) is 0 Å². The summed E-state index contributed by atoms with van der Waals surface area (Å²) in [6.45, 7) is 10.0. The molecule has 3 heteroatoms. The van der Waals surface area contributed by atoms with Gasteiger partial charge in [-0.25, -0.2) is 4.39 Å². The Labute approximate surface area is 129 Å². The van der Waals surface area contributed by atoms with E-state index in [0.717, 1.165) is 22.3 Å². The van der Waals surface area contributed by atoms with Crippen molar-refractivity contribution in [1.29, 1.82) is 0 Å². The SMILES string of the molecule is Cc1c(C)c(C)c(C(=O)c2ccc(F)c(Cl)c2)c(C)c1C. The molecule has 2 aromatic rings. The van der Waals surface area contributed by atoms with Crippen LogP contribution in [0.4, 0.5) is 4.39 Å². The number of carbonyl (C=O) groups excluding carboxylic acids is 1. The lowest BCUT2D eigenvalue weighted by molar-refractivity contribution is 0.103. The second-order valence-electron chi connectivity index (χ2n) is 5.46. The van der Waals surface area contributed by atoms with Gasteiger partial charge >= 0.3 is 0 Å². The molecule has 21 heavy (non-hydrogen) atoms. The van der Waals surface area contributed by atoms with Crippen LogP contribution in [0.2, 0.25) is 5.02 Å². The standard InChI is InChI=1S/C18H18ClFO/c1-9-10(2)12(4)17(13(5)11(9)3)18(21)14-6-7-16(20)15(19)8-14/h6-8H,1-5H3. The van der Waals surface area contributed by atoms with Gasteiger partial charge in [0.25, 0.3) is 0 Å². The van der Waals surface area contributed by atoms with Gasteiger partial charge in [-0.1, -0.05) is 11.6 Å². The van der Waals surface area contributed by atoms with Gasteiger partial charge in [0.15, 0.2) is 5.78 Å². The Bertz CT molecular complexity index is 718. The highest BCUT2D eigenvalue weighted by molar-refractivity contribution is 6.31. The molecular formula is C18H18ClFO. The molecule has 0 radical (unpaired) electrons. The average Bonchev–Trinajstić information content (AvgIpc) is 2.46. The van der Waals surface area contributed by atoms with Crippen molar-refractivity contribution in [2.75, 3.05) is 0 Å². The molecule has 2 aromatic carbocycles. The van der Waals surface area contributed by atoms with Crippen LogP contribution in [0.5, 0.6) is 0 Å². The molecule has 110 valence electrons. The van der Waals surface area contributed by atoms with Crippen LogP contribution in [0, 0.1) is 40.4 Å². The summed E-state index contributed by atoms with van der Waals surface area (Å²) < 4.78 is 13.3. The van der Waals surface area contributed by atoms with Gasteiger partial charge in [0.2, 0.25) is 0 Å². The Hall–Kier alpha value is -1.67. The quantitative estimate of drug-likeness (QED) is 0.692. The first-order valence-corrected chi connectivity index (χ1v) is 7.20. The molecule has 0 saturated carbocycles. The zero-order valence-corrected chi connectivity index (χ0v) is 13.7. The van der Waals surface area contributed by atoms with Crippen LogP contribution in [0.15, 0.2) is 18.2 Å². The van der Waals surface area contributed by atoms with Crippen molar-refractivity contribution in [2.45, 2.75) is 34.6 Å². The third-order valence-electron chi connectivity index (χ3n) is 4.41. The summed E-state index contributed by atoms with van der Waals surface area (Å²) in [5.74, 6) is -0.629.